The van der Waals surface area contributed by atoms with Crippen LogP contribution in [0.4, 0.5) is 0 Å². The van der Waals surface area contributed by atoms with Crippen molar-refractivity contribution in [1.29, 1.82) is 0 Å². The zero-order chi connectivity index (χ0) is 23.1. The van der Waals surface area contributed by atoms with Crippen molar-refractivity contribution < 1.29 is 9.59 Å². The van der Waals surface area contributed by atoms with Crippen LogP contribution in [0.15, 0.2) is 54.6 Å². The topological polar surface area (TPSA) is 52.7 Å². The van der Waals surface area contributed by atoms with Gasteiger partial charge in [-0.1, -0.05) is 70.2 Å². The predicted octanol–water partition coefficient (Wildman–Crippen LogP) is 4.05. The number of carbonyl (C=O) groups is 2. The molecule has 5 nitrogen and oxygen atoms in total. The van der Waals surface area contributed by atoms with Crippen LogP contribution >= 0.6 is 0 Å². The maximum Gasteiger partial charge on any atom is 0.253 e. The van der Waals surface area contributed by atoms with E-state index in [-0.39, 0.29) is 23.1 Å². The summed E-state index contributed by atoms with van der Waals surface area (Å²) in [7, 11) is 0. The molecule has 0 saturated carbocycles. The van der Waals surface area contributed by atoms with Crippen LogP contribution < -0.4 is 5.32 Å². The van der Waals surface area contributed by atoms with Crippen LogP contribution in [0.3, 0.4) is 0 Å². The van der Waals surface area contributed by atoms with Gasteiger partial charge < -0.3 is 15.1 Å². The van der Waals surface area contributed by atoms with Gasteiger partial charge in [-0.05, 0) is 34.6 Å². The molecule has 3 rings (SSSR count). The van der Waals surface area contributed by atoms with E-state index in [2.05, 4.69) is 45.1 Å². The molecule has 0 unspecified atom stereocenters. The molecule has 2 aromatic rings. The zero-order valence-corrected chi connectivity index (χ0v) is 19.9. The summed E-state index contributed by atoms with van der Waals surface area (Å²) in [5, 5.41) is 3.28. The van der Waals surface area contributed by atoms with Crippen LogP contribution in [0.5, 0.6) is 0 Å². The maximum atomic E-state index is 13.5. The van der Waals surface area contributed by atoms with Gasteiger partial charge in [-0.2, -0.15) is 0 Å². The molecule has 0 radical (unpaired) electrons. The lowest BCUT2D eigenvalue weighted by molar-refractivity contribution is -0.131. The van der Waals surface area contributed by atoms with Gasteiger partial charge in [0.25, 0.3) is 5.91 Å². The van der Waals surface area contributed by atoms with E-state index in [1.807, 2.05) is 52.3 Å². The smallest absolute Gasteiger partial charge is 0.253 e. The summed E-state index contributed by atoms with van der Waals surface area (Å²) in [6, 6.07) is 18.2. The number of hydrogen-bond acceptors (Lipinski definition) is 3. The van der Waals surface area contributed by atoms with Crippen molar-refractivity contribution in [3.63, 3.8) is 0 Å². The molecular formula is C27H37N3O2. The molecule has 2 aromatic carbocycles. The second-order valence-corrected chi connectivity index (χ2v) is 9.77. The highest BCUT2D eigenvalue weighted by Crippen LogP contribution is 2.23. The van der Waals surface area contributed by atoms with Gasteiger partial charge in [0, 0.05) is 51.3 Å². The lowest BCUT2D eigenvalue weighted by Crippen LogP contribution is -2.47. The third kappa shape index (κ3) is 6.42. The Morgan fingerprint density at radius 1 is 1.00 bits per heavy atom. The van der Waals surface area contributed by atoms with E-state index in [0.29, 0.717) is 25.1 Å². The molecular weight excluding hydrogens is 398 g/mol. The first-order valence-electron chi connectivity index (χ1n) is 11.7. The quantitative estimate of drug-likeness (QED) is 0.714. The van der Waals surface area contributed by atoms with Crippen LogP contribution in [0, 0.1) is 0 Å². The van der Waals surface area contributed by atoms with E-state index in [4.69, 9.17) is 0 Å². The first-order chi connectivity index (χ1) is 15.3. The van der Waals surface area contributed by atoms with Crippen molar-refractivity contribution in [3.05, 3.63) is 71.3 Å². The highest BCUT2D eigenvalue weighted by atomic mass is 16.2. The van der Waals surface area contributed by atoms with Crippen LogP contribution in [-0.2, 0) is 10.2 Å². The largest absolute Gasteiger partial charge is 0.340 e. The molecule has 5 heteroatoms. The number of rotatable bonds is 7. The molecule has 1 aliphatic rings. The molecule has 2 amide bonds. The average molecular weight is 436 g/mol. The molecule has 172 valence electrons. The van der Waals surface area contributed by atoms with Crippen molar-refractivity contribution in [2.24, 2.45) is 0 Å². The summed E-state index contributed by atoms with van der Waals surface area (Å²) in [5.74, 6) is 0.296. The van der Waals surface area contributed by atoms with Crippen LogP contribution in [-0.4, -0.2) is 60.9 Å². The molecule has 0 bridgehead atoms. The molecule has 0 aliphatic carbocycles. The predicted molar refractivity (Wildman–Crippen MR) is 130 cm³/mol. The molecule has 1 aliphatic heterocycles. The Hall–Kier alpha value is -2.66. The minimum atomic E-state index is -0.0126. The van der Waals surface area contributed by atoms with Crippen LogP contribution in [0.2, 0.25) is 0 Å². The Labute approximate surface area is 192 Å². The van der Waals surface area contributed by atoms with Gasteiger partial charge >= 0.3 is 0 Å². The third-order valence-corrected chi connectivity index (χ3v) is 6.21. The van der Waals surface area contributed by atoms with Gasteiger partial charge in [0.15, 0.2) is 0 Å². The summed E-state index contributed by atoms with van der Waals surface area (Å²) in [6.45, 7) is 12.8. The highest BCUT2D eigenvalue weighted by Gasteiger charge is 2.23. The Balaban J connectivity index is 1.74. The molecule has 32 heavy (non-hydrogen) atoms. The number of hydrogen-bond donors (Lipinski definition) is 1. The molecule has 1 heterocycles. The van der Waals surface area contributed by atoms with Gasteiger partial charge in [-0.25, -0.2) is 0 Å². The first-order valence-corrected chi connectivity index (χ1v) is 11.7. The van der Waals surface area contributed by atoms with Crippen molar-refractivity contribution >= 4 is 11.8 Å². The van der Waals surface area contributed by atoms with E-state index in [0.717, 1.165) is 26.2 Å². The summed E-state index contributed by atoms with van der Waals surface area (Å²) in [4.78, 5) is 29.9. The van der Waals surface area contributed by atoms with Crippen LogP contribution in [0.25, 0.3) is 0 Å². The molecule has 0 spiro atoms. The molecule has 1 saturated heterocycles. The molecule has 0 aromatic heterocycles. The third-order valence-electron chi connectivity index (χ3n) is 6.21. The molecule has 1 atom stereocenters. The number of nitrogens with zero attached hydrogens (tertiary/aromatic N) is 2. The Morgan fingerprint density at radius 2 is 1.62 bits per heavy atom. The van der Waals surface area contributed by atoms with Crippen LogP contribution in [0.1, 0.15) is 61.5 Å². The normalized spacial score (nSPS) is 15.3. The van der Waals surface area contributed by atoms with Crippen molar-refractivity contribution in [3.8, 4) is 0 Å². The van der Waals surface area contributed by atoms with Gasteiger partial charge in [-0.15, -0.1) is 0 Å². The van der Waals surface area contributed by atoms with E-state index >= 15 is 0 Å². The Bertz CT molecular complexity index is 881. The van der Waals surface area contributed by atoms with Gasteiger partial charge in [0.2, 0.25) is 5.91 Å². The van der Waals surface area contributed by atoms with Crippen molar-refractivity contribution in [1.82, 2.24) is 15.1 Å². The number of carbonyl (C=O) groups excluding carboxylic acids is 2. The molecule has 1 N–H and O–H groups in total. The summed E-state index contributed by atoms with van der Waals surface area (Å²) in [5.41, 5.74) is 3.11. The maximum absolute atomic E-state index is 13.5. The molecule has 1 fully saturated rings. The summed E-state index contributed by atoms with van der Waals surface area (Å²) < 4.78 is 0. The van der Waals surface area contributed by atoms with Gasteiger partial charge in [-0.3, -0.25) is 9.59 Å². The lowest BCUT2D eigenvalue weighted by atomic mass is 9.86. The monoisotopic (exact) mass is 435 g/mol. The minimum Gasteiger partial charge on any atom is -0.340 e. The summed E-state index contributed by atoms with van der Waals surface area (Å²) >= 11 is 0. The average Bonchev–Trinajstić information content (AvgIpc) is 2.81. The Morgan fingerprint density at radius 3 is 2.22 bits per heavy atom. The fourth-order valence-electron chi connectivity index (χ4n) is 4.09. The van der Waals surface area contributed by atoms with Gasteiger partial charge in [0.05, 0.1) is 0 Å². The fraction of sp³-hybridized carbons (Fsp3) is 0.481. The number of piperazine rings is 1. The first kappa shape index (κ1) is 24.0. The Kier molecular flexibility index (Phi) is 8.08. The number of amides is 2. The number of benzene rings is 2. The van der Waals surface area contributed by atoms with E-state index in [9.17, 15) is 9.59 Å². The SMILES string of the molecule is C[C@H](CN(CCC(=O)N1CCNCC1)C(=O)c1ccc(C(C)(C)C)cc1)c1ccccc1. The highest BCUT2D eigenvalue weighted by molar-refractivity contribution is 5.94. The minimum absolute atomic E-state index is 0.0126. The van der Waals surface area contributed by atoms with E-state index < -0.39 is 0 Å². The van der Waals surface area contributed by atoms with E-state index in [1.165, 1.54) is 11.1 Å². The van der Waals surface area contributed by atoms with E-state index in [1.54, 1.807) is 0 Å². The lowest BCUT2D eigenvalue weighted by Gasteiger charge is -2.30. The summed E-state index contributed by atoms with van der Waals surface area (Å²) in [6.07, 6.45) is 0.354. The standard InChI is InChI=1S/C27H37N3O2/c1-21(22-8-6-5-7-9-22)20-30(17-14-25(31)29-18-15-28-16-19-29)26(32)23-10-12-24(13-11-23)27(2,3)4/h5-13,21,28H,14-20H2,1-4H3/t21-/m1/s1. The van der Waals surface area contributed by atoms with Gasteiger partial charge in [0.1, 0.15) is 0 Å². The second kappa shape index (κ2) is 10.8. The number of nitrogens with one attached hydrogen (secondary N) is 1. The van der Waals surface area contributed by atoms with Crippen molar-refractivity contribution in [2.45, 2.75) is 45.4 Å². The van der Waals surface area contributed by atoms with Crippen molar-refractivity contribution in [2.75, 3.05) is 39.3 Å². The second-order valence-electron chi connectivity index (χ2n) is 9.77. The fourth-order valence-corrected chi connectivity index (χ4v) is 4.09. The zero-order valence-electron chi connectivity index (χ0n) is 19.9.